The number of nitrogens with one attached hydrogen (secondary N) is 1. The second-order valence-corrected chi connectivity index (χ2v) is 7.85. The van der Waals surface area contributed by atoms with E-state index in [1.807, 2.05) is 26.0 Å². The Morgan fingerprint density at radius 3 is 2.38 bits per heavy atom. The van der Waals surface area contributed by atoms with Gasteiger partial charge < -0.3 is 19.5 Å². The first-order valence-electron chi connectivity index (χ1n) is 9.03. The highest BCUT2D eigenvalue weighted by molar-refractivity contribution is 6.02. The second kappa shape index (κ2) is 8.64. The van der Waals surface area contributed by atoms with Crippen LogP contribution < -0.4 is 5.32 Å². The number of hydrogen-bond acceptors (Lipinski definition) is 5. The van der Waals surface area contributed by atoms with Gasteiger partial charge in [0.15, 0.2) is 12.1 Å². The zero-order valence-electron chi connectivity index (χ0n) is 16.2. The summed E-state index contributed by atoms with van der Waals surface area (Å²) in [5, 5.41) is 2.73. The lowest BCUT2D eigenvalue weighted by Gasteiger charge is -2.25. The second-order valence-electron chi connectivity index (χ2n) is 7.85. The number of ketones is 1. The normalized spacial score (nSPS) is 16.5. The minimum atomic E-state index is -0.674. The summed E-state index contributed by atoms with van der Waals surface area (Å²) in [7, 11) is 0. The van der Waals surface area contributed by atoms with Crippen molar-refractivity contribution in [3.63, 3.8) is 0 Å². The highest BCUT2D eigenvalue weighted by atomic mass is 16.7. The maximum atomic E-state index is 13.2. The molecule has 1 aromatic rings. The monoisotopic (exact) mass is 363 g/mol. The third kappa shape index (κ3) is 5.81. The molecule has 0 bridgehead atoms. The summed E-state index contributed by atoms with van der Waals surface area (Å²) in [6, 6.07) is 6.53. The van der Waals surface area contributed by atoms with Crippen LogP contribution in [0.4, 0.5) is 4.79 Å². The van der Waals surface area contributed by atoms with Gasteiger partial charge in [-0.25, -0.2) is 4.79 Å². The third-order valence-corrected chi connectivity index (χ3v) is 3.82. The van der Waals surface area contributed by atoms with Crippen molar-refractivity contribution in [2.24, 2.45) is 5.92 Å². The fourth-order valence-corrected chi connectivity index (χ4v) is 2.81. The molecule has 0 radical (unpaired) electrons. The number of amides is 1. The van der Waals surface area contributed by atoms with E-state index in [1.54, 1.807) is 32.9 Å². The summed E-state index contributed by atoms with van der Waals surface area (Å²) in [5.74, 6) is 0.0595. The SMILES string of the molecule is CC(C)C[C@@H](NC(=O)OC(C)(C)C)C(=O)c1ccccc1C1OCCO1. The molecule has 1 aliphatic rings. The van der Waals surface area contributed by atoms with Gasteiger partial charge in [0, 0.05) is 11.1 Å². The van der Waals surface area contributed by atoms with Gasteiger partial charge in [-0.15, -0.1) is 0 Å². The van der Waals surface area contributed by atoms with Crippen LogP contribution in [0, 0.1) is 5.92 Å². The Hall–Kier alpha value is -1.92. The summed E-state index contributed by atoms with van der Waals surface area (Å²) in [6.07, 6.45) is -0.627. The van der Waals surface area contributed by atoms with Gasteiger partial charge in [-0.2, -0.15) is 0 Å². The molecule has 6 nitrogen and oxygen atoms in total. The van der Waals surface area contributed by atoms with Crippen LogP contribution in [0.2, 0.25) is 0 Å². The van der Waals surface area contributed by atoms with Crippen molar-refractivity contribution in [2.75, 3.05) is 13.2 Å². The lowest BCUT2D eigenvalue weighted by Crippen LogP contribution is -2.44. The molecule has 1 N–H and O–H groups in total. The van der Waals surface area contributed by atoms with Crippen LogP contribution in [0.1, 0.15) is 63.3 Å². The van der Waals surface area contributed by atoms with Crippen LogP contribution in [0.15, 0.2) is 24.3 Å². The summed E-state index contributed by atoms with van der Waals surface area (Å²) >= 11 is 0. The molecule has 1 saturated heterocycles. The number of carbonyl (C=O) groups excluding carboxylic acids is 2. The molecular formula is C20H29NO5. The molecular weight excluding hydrogens is 334 g/mol. The molecule has 1 atom stereocenters. The summed E-state index contributed by atoms with van der Waals surface area (Å²) < 4.78 is 16.4. The average molecular weight is 363 g/mol. The lowest BCUT2D eigenvalue weighted by atomic mass is 9.93. The Morgan fingerprint density at radius 2 is 1.81 bits per heavy atom. The third-order valence-electron chi connectivity index (χ3n) is 3.82. The Morgan fingerprint density at radius 1 is 1.19 bits per heavy atom. The largest absolute Gasteiger partial charge is 0.444 e. The first-order chi connectivity index (χ1) is 12.2. The highest BCUT2D eigenvalue weighted by Gasteiger charge is 2.30. The topological polar surface area (TPSA) is 73.9 Å². The van der Waals surface area contributed by atoms with E-state index in [4.69, 9.17) is 14.2 Å². The Bertz CT molecular complexity index is 629. The standard InChI is InChI=1S/C20H29NO5/c1-13(2)12-16(21-19(23)26-20(3,4)5)17(22)14-8-6-7-9-15(14)18-24-10-11-25-18/h6-9,13,16,18H,10-12H2,1-5H3,(H,21,23)/t16-/m1/s1. The molecule has 1 aromatic carbocycles. The van der Waals surface area contributed by atoms with Crippen LogP contribution in [0.3, 0.4) is 0 Å². The van der Waals surface area contributed by atoms with E-state index in [0.717, 1.165) is 0 Å². The maximum absolute atomic E-state index is 13.2. The summed E-state index contributed by atoms with van der Waals surface area (Å²) in [6.45, 7) is 10.4. The molecule has 0 unspecified atom stereocenters. The number of Topliss-reactive ketones (excluding diaryl/α,β-unsaturated/α-hetero) is 1. The predicted molar refractivity (Wildman–Crippen MR) is 98.0 cm³/mol. The van der Waals surface area contributed by atoms with Gasteiger partial charge in [0.25, 0.3) is 0 Å². The number of hydrogen-bond donors (Lipinski definition) is 1. The molecule has 26 heavy (non-hydrogen) atoms. The number of alkyl carbamates (subject to hydrolysis) is 1. The minimum Gasteiger partial charge on any atom is -0.444 e. The van der Waals surface area contributed by atoms with Crippen molar-refractivity contribution >= 4 is 11.9 Å². The first kappa shape index (κ1) is 20.4. The smallest absolute Gasteiger partial charge is 0.408 e. The quantitative estimate of drug-likeness (QED) is 0.777. The van der Waals surface area contributed by atoms with E-state index < -0.39 is 24.0 Å². The summed E-state index contributed by atoms with van der Waals surface area (Å²) in [5.41, 5.74) is 0.565. The van der Waals surface area contributed by atoms with Crippen molar-refractivity contribution in [2.45, 2.75) is 59.0 Å². The Labute approximate surface area is 155 Å². The molecule has 0 spiro atoms. The molecule has 0 aromatic heterocycles. The fraction of sp³-hybridized carbons (Fsp3) is 0.600. The van der Waals surface area contributed by atoms with Gasteiger partial charge >= 0.3 is 6.09 Å². The van der Waals surface area contributed by atoms with E-state index >= 15 is 0 Å². The fourth-order valence-electron chi connectivity index (χ4n) is 2.81. The maximum Gasteiger partial charge on any atom is 0.408 e. The van der Waals surface area contributed by atoms with Crippen molar-refractivity contribution in [1.29, 1.82) is 0 Å². The number of carbonyl (C=O) groups is 2. The molecule has 2 rings (SSSR count). The number of benzene rings is 1. The van der Waals surface area contributed by atoms with Crippen molar-refractivity contribution in [3.8, 4) is 0 Å². The highest BCUT2D eigenvalue weighted by Crippen LogP contribution is 2.27. The summed E-state index contributed by atoms with van der Waals surface area (Å²) in [4.78, 5) is 25.4. The molecule has 1 amide bonds. The van der Waals surface area contributed by atoms with Crippen LogP contribution in [0.25, 0.3) is 0 Å². The molecule has 1 heterocycles. The molecule has 144 valence electrons. The van der Waals surface area contributed by atoms with Crippen LogP contribution in [-0.2, 0) is 14.2 Å². The van der Waals surface area contributed by atoms with Crippen molar-refractivity contribution in [3.05, 3.63) is 35.4 Å². The zero-order chi connectivity index (χ0) is 19.3. The zero-order valence-corrected chi connectivity index (χ0v) is 16.2. The van der Waals surface area contributed by atoms with Gasteiger partial charge in [-0.1, -0.05) is 38.1 Å². The van der Waals surface area contributed by atoms with E-state index in [2.05, 4.69) is 5.32 Å². The number of ether oxygens (including phenoxy) is 3. The van der Waals surface area contributed by atoms with Crippen molar-refractivity contribution < 1.29 is 23.8 Å². The van der Waals surface area contributed by atoms with Gasteiger partial charge in [-0.3, -0.25) is 4.79 Å². The van der Waals surface area contributed by atoms with E-state index in [1.165, 1.54) is 0 Å². The average Bonchev–Trinajstić information content (AvgIpc) is 3.05. The Kier molecular flexibility index (Phi) is 6.78. The van der Waals surface area contributed by atoms with Crippen molar-refractivity contribution in [1.82, 2.24) is 5.32 Å². The van der Waals surface area contributed by atoms with Gasteiger partial charge in [0.1, 0.15) is 5.60 Å². The molecule has 1 aliphatic heterocycles. The molecule has 0 saturated carbocycles. The molecule has 0 aliphatic carbocycles. The molecule has 6 heteroatoms. The predicted octanol–water partition coefficient (Wildman–Crippen LogP) is 3.85. The van der Waals surface area contributed by atoms with Gasteiger partial charge in [0.05, 0.1) is 19.3 Å². The van der Waals surface area contributed by atoms with Gasteiger partial charge in [0.2, 0.25) is 0 Å². The Balaban J connectivity index is 2.22. The van der Waals surface area contributed by atoms with Crippen LogP contribution in [-0.4, -0.2) is 36.7 Å². The first-order valence-corrected chi connectivity index (χ1v) is 9.03. The van der Waals surface area contributed by atoms with E-state index in [-0.39, 0.29) is 11.7 Å². The number of rotatable bonds is 6. The van der Waals surface area contributed by atoms with Crippen LogP contribution in [0.5, 0.6) is 0 Å². The van der Waals surface area contributed by atoms with Crippen LogP contribution >= 0.6 is 0 Å². The van der Waals surface area contributed by atoms with E-state index in [9.17, 15) is 9.59 Å². The molecule has 1 fully saturated rings. The van der Waals surface area contributed by atoms with E-state index in [0.29, 0.717) is 30.8 Å². The van der Waals surface area contributed by atoms with Gasteiger partial charge in [-0.05, 0) is 33.1 Å². The lowest BCUT2D eigenvalue weighted by molar-refractivity contribution is -0.0445. The minimum absolute atomic E-state index is 0.167.